The molecule has 0 aliphatic carbocycles. The molecule has 2 heterocycles. The van der Waals surface area contributed by atoms with Crippen LogP contribution in [0.1, 0.15) is 67.3 Å². The lowest BCUT2D eigenvalue weighted by Crippen LogP contribution is -2.40. The van der Waals surface area contributed by atoms with Crippen molar-refractivity contribution in [3.05, 3.63) is 34.4 Å². The summed E-state index contributed by atoms with van der Waals surface area (Å²) in [4.78, 5) is 25.9. The lowest BCUT2D eigenvalue weighted by Gasteiger charge is -2.31. The molecule has 1 unspecified atom stereocenters. The number of amides is 1. The van der Waals surface area contributed by atoms with Crippen LogP contribution >= 0.6 is 0 Å². The minimum absolute atomic E-state index is 0.133. The van der Waals surface area contributed by atoms with E-state index in [0.29, 0.717) is 18.7 Å². The monoisotopic (exact) mass is 317 g/mol. The van der Waals surface area contributed by atoms with Crippen LogP contribution in [0.3, 0.4) is 0 Å². The van der Waals surface area contributed by atoms with Crippen LogP contribution in [0.2, 0.25) is 0 Å². The van der Waals surface area contributed by atoms with Crippen LogP contribution in [-0.4, -0.2) is 29.1 Å². The van der Waals surface area contributed by atoms with Gasteiger partial charge in [-0.25, -0.2) is 9.59 Å². The van der Waals surface area contributed by atoms with Gasteiger partial charge in [0.15, 0.2) is 0 Å². The third-order valence-corrected chi connectivity index (χ3v) is 4.22. The molecule has 0 saturated heterocycles. The Morgan fingerprint density at radius 3 is 2.74 bits per heavy atom. The lowest BCUT2D eigenvalue weighted by molar-refractivity contribution is 0.0223. The number of rotatable bonds is 1. The smallest absolute Gasteiger partial charge is 0.410 e. The Kier molecular flexibility index (Phi) is 3.82. The zero-order valence-corrected chi connectivity index (χ0v) is 14.1. The van der Waals surface area contributed by atoms with Crippen molar-refractivity contribution >= 4 is 12.1 Å². The fourth-order valence-electron chi connectivity index (χ4n) is 3.11. The molecule has 5 nitrogen and oxygen atoms in total. The Balaban J connectivity index is 1.84. The van der Waals surface area contributed by atoms with E-state index in [1.807, 2.05) is 33.8 Å². The van der Waals surface area contributed by atoms with Gasteiger partial charge in [-0.2, -0.15) is 0 Å². The zero-order chi connectivity index (χ0) is 16.8. The second-order valence-corrected chi connectivity index (χ2v) is 7.16. The van der Waals surface area contributed by atoms with Crippen molar-refractivity contribution in [2.45, 2.75) is 58.8 Å². The number of hydrogen-bond donors (Lipinski definition) is 0. The average molecular weight is 317 g/mol. The molecular formula is C18H23NO4. The molecule has 1 atom stereocenters. The predicted molar refractivity (Wildman–Crippen MR) is 85.2 cm³/mol. The van der Waals surface area contributed by atoms with Crippen molar-refractivity contribution in [3.8, 4) is 0 Å². The van der Waals surface area contributed by atoms with Crippen LogP contribution in [0.5, 0.6) is 0 Å². The first-order valence-electron chi connectivity index (χ1n) is 8.13. The highest BCUT2D eigenvalue weighted by Gasteiger charge is 2.33. The van der Waals surface area contributed by atoms with Gasteiger partial charge in [-0.1, -0.05) is 13.0 Å². The number of esters is 1. The SMILES string of the molecule is CCC1OC(=O)c2cc3c(cc21)CCN(C(=O)OC(C)(C)C)C3. The minimum atomic E-state index is -0.506. The van der Waals surface area contributed by atoms with E-state index in [1.54, 1.807) is 4.90 Å². The summed E-state index contributed by atoms with van der Waals surface area (Å²) in [5.41, 5.74) is 3.33. The van der Waals surface area contributed by atoms with Crippen LogP contribution in [-0.2, 0) is 22.4 Å². The summed E-state index contributed by atoms with van der Waals surface area (Å²) in [7, 11) is 0. The number of cyclic esters (lactones) is 1. The van der Waals surface area contributed by atoms with Crippen molar-refractivity contribution < 1.29 is 19.1 Å². The predicted octanol–water partition coefficient (Wildman–Crippen LogP) is 3.60. The van der Waals surface area contributed by atoms with Crippen molar-refractivity contribution in [1.82, 2.24) is 4.90 Å². The fraction of sp³-hybridized carbons (Fsp3) is 0.556. The molecule has 0 spiro atoms. The summed E-state index contributed by atoms with van der Waals surface area (Å²) in [5.74, 6) is -0.260. The summed E-state index contributed by atoms with van der Waals surface area (Å²) in [6.07, 6.45) is 1.11. The Labute approximate surface area is 136 Å². The third-order valence-electron chi connectivity index (χ3n) is 4.22. The molecule has 124 valence electrons. The molecule has 1 aromatic rings. The van der Waals surface area contributed by atoms with Gasteiger partial charge < -0.3 is 14.4 Å². The van der Waals surface area contributed by atoms with Crippen molar-refractivity contribution in [2.75, 3.05) is 6.54 Å². The number of benzene rings is 1. The maximum absolute atomic E-state index is 12.2. The van der Waals surface area contributed by atoms with Crippen LogP contribution in [0.25, 0.3) is 0 Å². The number of fused-ring (bicyclic) bond motifs is 2. The Bertz CT molecular complexity index is 660. The standard InChI is InChI=1S/C18H23NO4/c1-5-15-13-8-11-6-7-19(17(21)23-18(2,3)4)10-12(11)9-14(13)16(20)22-15/h8-9,15H,5-7,10H2,1-4H3. The first-order chi connectivity index (χ1) is 10.8. The first-order valence-corrected chi connectivity index (χ1v) is 8.13. The highest BCUT2D eigenvalue weighted by atomic mass is 16.6. The quantitative estimate of drug-likeness (QED) is 0.743. The molecule has 0 N–H and O–H groups in total. The van der Waals surface area contributed by atoms with Crippen molar-refractivity contribution in [3.63, 3.8) is 0 Å². The molecule has 2 aliphatic heterocycles. The number of carbonyl (C=O) groups is 2. The molecule has 2 aliphatic rings. The molecule has 0 radical (unpaired) electrons. The molecular weight excluding hydrogens is 294 g/mol. The minimum Gasteiger partial charge on any atom is -0.454 e. The van der Waals surface area contributed by atoms with E-state index in [4.69, 9.17) is 9.47 Å². The van der Waals surface area contributed by atoms with Gasteiger partial charge in [0, 0.05) is 18.7 Å². The third kappa shape index (κ3) is 3.05. The number of ether oxygens (including phenoxy) is 2. The maximum Gasteiger partial charge on any atom is 0.410 e. The highest BCUT2D eigenvalue weighted by molar-refractivity contribution is 5.94. The second kappa shape index (κ2) is 5.55. The highest BCUT2D eigenvalue weighted by Crippen LogP contribution is 2.36. The van der Waals surface area contributed by atoms with Crippen LogP contribution in [0.4, 0.5) is 4.79 Å². The summed E-state index contributed by atoms with van der Waals surface area (Å²) < 4.78 is 10.8. The Morgan fingerprint density at radius 1 is 1.35 bits per heavy atom. The van der Waals surface area contributed by atoms with Gasteiger partial charge in [-0.15, -0.1) is 0 Å². The summed E-state index contributed by atoms with van der Waals surface area (Å²) in [5, 5.41) is 0. The van der Waals surface area contributed by atoms with Crippen LogP contribution < -0.4 is 0 Å². The number of nitrogens with zero attached hydrogens (tertiary/aromatic N) is 1. The average Bonchev–Trinajstić information content (AvgIpc) is 2.78. The van der Waals surface area contributed by atoms with Gasteiger partial charge in [-0.05, 0) is 50.8 Å². The fourth-order valence-corrected chi connectivity index (χ4v) is 3.11. The van der Waals surface area contributed by atoms with Crippen molar-refractivity contribution in [2.24, 2.45) is 0 Å². The maximum atomic E-state index is 12.2. The molecule has 5 heteroatoms. The van der Waals surface area contributed by atoms with E-state index in [2.05, 4.69) is 6.07 Å². The topological polar surface area (TPSA) is 55.8 Å². The molecule has 1 aromatic carbocycles. The lowest BCUT2D eigenvalue weighted by atomic mass is 9.92. The number of hydrogen-bond acceptors (Lipinski definition) is 4. The first kappa shape index (κ1) is 15.8. The van der Waals surface area contributed by atoms with Crippen LogP contribution in [0, 0.1) is 0 Å². The van der Waals surface area contributed by atoms with Gasteiger partial charge in [0.05, 0.1) is 5.56 Å². The molecule has 23 heavy (non-hydrogen) atoms. The van der Waals surface area contributed by atoms with Gasteiger partial charge >= 0.3 is 12.1 Å². The molecule has 0 fully saturated rings. The molecule has 3 rings (SSSR count). The van der Waals surface area contributed by atoms with Gasteiger partial charge in [-0.3, -0.25) is 0 Å². The summed E-state index contributed by atoms with van der Waals surface area (Å²) >= 11 is 0. The largest absolute Gasteiger partial charge is 0.454 e. The molecule has 0 bridgehead atoms. The van der Waals surface area contributed by atoms with E-state index in [1.165, 1.54) is 5.56 Å². The number of carbonyl (C=O) groups excluding carboxylic acids is 2. The van der Waals surface area contributed by atoms with Gasteiger partial charge in [0.1, 0.15) is 11.7 Å². The van der Waals surface area contributed by atoms with E-state index in [9.17, 15) is 9.59 Å². The van der Waals surface area contributed by atoms with E-state index in [0.717, 1.165) is 24.0 Å². The summed E-state index contributed by atoms with van der Waals surface area (Å²) in [6.45, 7) is 8.69. The Hall–Kier alpha value is -2.04. The second-order valence-electron chi connectivity index (χ2n) is 7.16. The molecule has 0 saturated carbocycles. The normalized spacial score (nSPS) is 19.9. The van der Waals surface area contributed by atoms with E-state index in [-0.39, 0.29) is 18.2 Å². The zero-order valence-electron chi connectivity index (χ0n) is 14.1. The van der Waals surface area contributed by atoms with Crippen LogP contribution in [0.15, 0.2) is 12.1 Å². The van der Waals surface area contributed by atoms with E-state index >= 15 is 0 Å². The van der Waals surface area contributed by atoms with Gasteiger partial charge in [0.2, 0.25) is 0 Å². The molecule has 0 aromatic heterocycles. The molecule has 1 amide bonds. The Morgan fingerprint density at radius 2 is 2.09 bits per heavy atom. The van der Waals surface area contributed by atoms with Gasteiger partial charge in [0.25, 0.3) is 0 Å². The van der Waals surface area contributed by atoms with E-state index < -0.39 is 5.60 Å². The van der Waals surface area contributed by atoms with Crippen molar-refractivity contribution in [1.29, 1.82) is 0 Å². The summed E-state index contributed by atoms with van der Waals surface area (Å²) in [6, 6.07) is 3.97.